The number of rotatable bonds is 5. The van der Waals surface area contributed by atoms with Crippen LogP contribution in [0.5, 0.6) is 11.5 Å². The quantitative estimate of drug-likeness (QED) is 0.525. The Labute approximate surface area is 131 Å². The first-order valence-corrected chi connectivity index (χ1v) is 7.59. The van der Waals surface area contributed by atoms with Crippen LogP contribution in [0.4, 0.5) is 0 Å². The van der Waals surface area contributed by atoms with E-state index in [4.69, 9.17) is 13.9 Å². The fourth-order valence-corrected chi connectivity index (χ4v) is 2.60. The van der Waals surface area contributed by atoms with Gasteiger partial charge in [0.05, 0.1) is 12.9 Å². The molecule has 0 radical (unpaired) electrons. The first-order chi connectivity index (χ1) is 10.8. The number of furan rings is 1. The molecule has 0 N–H and O–H groups in total. The van der Waals surface area contributed by atoms with Crippen molar-refractivity contribution in [2.24, 2.45) is 0 Å². The van der Waals surface area contributed by atoms with E-state index in [1.54, 1.807) is 42.0 Å². The summed E-state index contributed by atoms with van der Waals surface area (Å²) in [6, 6.07) is 10.6. The van der Waals surface area contributed by atoms with Gasteiger partial charge < -0.3 is 13.9 Å². The van der Waals surface area contributed by atoms with Crippen LogP contribution in [0.2, 0.25) is 0 Å². The van der Waals surface area contributed by atoms with Gasteiger partial charge in [-0.05, 0) is 31.2 Å². The van der Waals surface area contributed by atoms with E-state index in [9.17, 15) is 4.79 Å². The SMILES string of the molecule is CCOc1ccccc1OC(=O)c1csc(-c2ccco2)n1. The lowest BCUT2D eigenvalue weighted by Gasteiger charge is -2.09. The van der Waals surface area contributed by atoms with Crippen LogP contribution in [-0.2, 0) is 0 Å². The van der Waals surface area contributed by atoms with Gasteiger partial charge in [-0.25, -0.2) is 9.78 Å². The third kappa shape index (κ3) is 3.01. The molecule has 6 heteroatoms. The third-order valence-corrected chi connectivity index (χ3v) is 3.65. The van der Waals surface area contributed by atoms with E-state index in [-0.39, 0.29) is 5.69 Å². The van der Waals surface area contributed by atoms with E-state index in [0.29, 0.717) is 28.9 Å². The number of hydrogen-bond acceptors (Lipinski definition) is 6. The number of esters is 1. The molecule has 0 saturated carbocycles. The Morgan fingerprint density at radius 1 is 1.23 bits per heavy atom. The standard InChI is InChI=1S/C16H13NO4S/c1-2-19-12-6-3-4-7-13(12)21-16(18)11-10-22-15(17-11)14-8-5-9-20-14/h3-10H,2H2,1H3. The minimum atomic E-state index is -0.527. The lowest BCUT2D eigenvalue weighted by Crippen LogP contribution is -2.10. The molecular weight excluding hydrogens is 302 g/mol. The van der Waals surface area contributed by atoms with Gasteiger partial charge in [0.15, 0.2) is 28.0 Å². The second kappa shape index (κ2) is 6.44. The summed E-state index contributed by atoms with van der Waals surface area (Å²) >= 11 is 1.32. The molecule has 0 atom stereocenters. The molecule has 1 aromatic carbocycles. The number of carbonyl (C=O) groups is 1. The van der Waals surface area contributed by atoms with Crippen LogP contribution in [0, 0.1) is 0 Å². The van der Waals surface area contributed by atoms with Crippen molar-refractivity contribution in [2.75, 3.05) is 6.61 Å². The Morgan fingerprint density at radius 2 is 2.05 bits per heavy atom. The van der Waals surface area contributed by atoms with Crippen LogP contribution in [-0.4, -0.2) is 17.6 Å². The lowest BCUT2D eigenvalue weighted by molar-refractivity contribution is 0.0723. The highest BCUT2D eigenvalue weighted by molar-refractivity contribution is 7.13. The van der Waals surface area contributed by atoms with Gasteiger partial charge in [-0.3, -0.25) is 0 Å². The van der Waals surface area contributed by atoms with Crippen molar-refractivity contribution < 1.29 is 18.7 Å². The maximum absolute atomic E-state index is 12.2. The molecule has 3 aromatic rings. The van der Waals surface area contributed by atoms with Crippen LogP contribution in [0.3, 0.4) is 0 Å². The highest BCUT2D eigenvalue weighted by Gasteiger charge is 2.17. The van der Waals surface area contributed by atoms with Crippen molar-refractivity contribution in [2.45, 2.75) is 6.92 Å². The van der Waals surface area contributed by atoms with E-state index in [1.165, 1.54) is 11.3 Å². The van der Waals surface area contributed by atoms with Crippen molar-refractivity contribution in [3.05, 3.63) is 53.7 Å². The number of carbonyl (C=O) groups excluding carboxylic acids is 1. The van der Waals surface area contributed by atoms with Crippen molar-refractivity contribution in [1.29, 1.82) is 0 Å². The number of hydrogen-bond donors (Lipinski definition) is 0. The second-order valence-corrected chi connectivity index (χ2v) is 5.14. The number of para-hydroxylation sites is 2. The molecule has 112 valence electrons. The highest BCUT2D eigenvalue weighted by Crippen LogP contribution is 2.28. The van der Waals surface area contributed by atoms with E-state index in [1.807, 2.05) is 13.0 Å². The predicted molar refractivity (Wildman–Crippen MR) is 82.4 cm³/mol. The molecule has 0 amide bonds. The second-order valence-electron chi connectivity index (χ2n) is 4.28. The summed E-state index contributed by atoms with van der Waals surface area (Å²) in [5.74, 6) is 1.00. The monoisotopic (exact) mass is 315 g/mol. The van der Waals surface area contributed by atoms with Gasteiger partial charge in [0, 0.05) is 5.38 Å². The molecule has 0 aliphatic heterocycles. The topological polar surface area (TPSA) is 61.6 Å². The van der Waals surface area contributed by atoms with Gasteiger partial charge in [0.1, 0.15) is 0 Å². The lowest BCUT2D eigenvalue weighted by atomic mass is 10.3. The summed E-state index contributed by atoms with van der Waals surface area (Å²) in [4.78, 5) is 16.4. The molecule has 0 unspecified atom stereocenters. The fraction of sp³-hybridized carbons (Fsp3) is 0.125. The Bertz CT molecular complexity index is 764. The van der Waals surface area contributed by atoms with Crippen LogP contribution in [0.15, 0.2) is 52.5 Å². The average Bonchev–Trinajstić information content (AvgIpc) is 3.20. The summed E-state index contributed by atoms with van der Waals surface area (Å²) in [7, 11) is 0. The number of benzene rings is 1. The smallest absolute Gasteiger partial charge is 0.363 e. The van der Waals surface area contributed by atoms with Gasteiger partial charge in [0.25, 0.3) is 0 Å². The average molecular weight is 315 g/mol. The Hall–Kier alpha value is -2.60. The van der Waals surface area contributed by atoms with Crippen LogP contribution < -0.4 is 9.47 Å². The van der Waals surface area contributed by atoms with Crippen LogP contribution in [0.1, 0.15) is 17.4 Å². The first kappa shape index (κ1) is 14.3. The zero-order valence-electron chi connectivity index (χ0n) is 11.8. The number of ether oxygens (including phenoxy) is 2. The first-order valence-electron chi connectivity index (χ1n) is 6.71. The number of thiazole rings is 1. The zero-order valence-corrected chi connectivity index (χ0v) is 12.6. The summed E-state index contributed by atoms with van der Waals surface area (Å²) in [6.07, 6.45) is 1.56. The maximum atomic E-state index is 12.2. The zero-order chi connectivity index (χ0) is 15.4. The van der Waals surface area contributed by atoms with Crippen LogP contribution >= 0.6 is 11.3 Å². The number of nitrogens with zero attached hydrogens (tertiary/aromatic N) is 1. The highest BCUT2D eigenvalue weighted by atomic mass is 32.1. The molecular formula is C16H13NO4S. The molecule has 3 rings (SSSR count). The molecule has 0 saturated heterocycles. The summed E-state index contributed by atoms with van der Waals surface area (Å²) < 4.78 is 16.1. The molecule has 0 bridgehead atoms. The Kier molecular flexibility index (Phi) is 4.20. The number of aromatic nitrogens is 1. The normalized spacial score (nSPS) is 10.4. The van der Waals surface area contributed by atoms with Crippen molar-refractivity contribution >= 4 is 17.3 Å². The van der Waals surface area contributed by atoms with Crippen molar-refractivity contribution in [3.8, 4) is 22.3 Å². The van der Waals surface area contributed by atoms with E-state index in [2.05, 4.69) is 4.98 Å². The van der Waals surface area contributed by atoms with Gasteiger partial charge in [-0.1, -0.05) is 12.1 Å². The molecule has 2 aromatic heterocycles. The summed E-state index contributed by atoms with van der Waals surface area (Å²) in [6.45, 7) is 2.36. The summed E-state index contributed by atoms with van der Waals surface area (Å²) in [5, 5.41) is 2.28. The van der Waals surface area contributed by atoms with E-state index < -0.39 is 5.97 Å². The fourth-order valence-electron chi connectivity index (χ4n) is 1.84. The predicted octanol–water partition coefficient (Wildman–Crippen LogP) is 4.02. The third-order valence-electron chi connectivity index (χ3n) is 2.80. The molecule has 0 aliphatic rings. The Morgan fingerprint density at radius 3 is 2.77 bits per heavy atom. The van der Waals surface area contributed by atoms with E-state index >= 15 is 0 Å². The largest absolute Gasteiger partial charge is 0.490 e. The summed E-state index contributed by atoms with van der Waals surface area (Å²) in [5.41, 5.74) is 0.239. The van der Waals surface area contributed by atoms with Crippen molar-refractivity contribution in [1.82, 2.24) is 4.98 Å². The van der Waals surface area contributed by atoms with Crippen LogP contribution in [0.25, 0.3) is 10.8 Å². The van der Waals surface area contributed by atoms with E-state index in [0.717, 1.165) is 0 Å². The van der Waals surface area contributed by atoms with Gasteiger partial charge in [-0.15, -0.1) is 11.3 Å². The maximum Gasteiger partial charge on any atom is 0.363 e. The van der Waals surface area contributed by atoms with Gasteiger partial charge in [-0.2, -0.15) is 0 Å². The van der Waals surface area contributed by atoms with Crippen molar-refractivity contribution in [3.63, 3.8) is 0 Å². The van der Waals surface area contributed by atoms with Gasteiger partial charge in [0.2, 0.25) is 0 Å². The molecule has 22 heavy (non-hydrogen) atoms. The van der Waals surface area contributed by atoms with Gasteiger partial charge >= 0.3 is 5.97 Å². The molecule has 2 heterocycles. The molecule has 0 fully saturated rings. The minimum Gasteiger partial charge on any atom is -0.490 e. The minimum absolute atomic E-state index is 0.239. The molecule has 5 nitrogen and oxygen atoms in total. The Balaban J connectivity index is 1.78. The molecule has 0 spiro atoms. The molecule has 0 aliphatic carbocycles.